The van der Waals surface area contributed by atoms with E-state index in [0.717, 1.165) is 0 Å². The zero-order chi connectivity index (χ0) is 13.8. The standard InChI is InChI=1S/C13H13NO5/c1-8(15)14-10-5-9(3-2-4-12(16)17)13-11(6-10)18-7-19-13/h2-3,5-6H,4,7H2,1H3,(H,14,15)(H,16,17)/b3-2+. The van der Waals surface area contributed by atoms with Crippen molar-refractivity contribution in [2.75, 3.05) is 12.1 Å². The minimum Gasteiger partial charge on any atom is -0.481 e. The van der Waals surface area contributed by atoms with Gasteiger partial charge in [0.05, 0.1) is 6.42 Å². The Labute approximate surface area is 109 Å². The number of rotatable bonds is 4. The molecular weight excluding hydrogens is 250 g/mol. The average Bonchev–Trinajstić information content (AvgIpc) is 2.75. The third-order valence-corrected chi connectivity index (χ3v) is 2.41. The van der Waals surface area contributed by atoms with E-state index in [1.54, 1.807) is 18.2 Å². The van der Waals surface area contributed by atoms with Gasteiger partial charge in [0.15, 0.2) is 11.5 Å². The predicted octanol–water partition coefficient (Wildman–Crippen LogP) is 1.86. The molecule has 0 unspecified atom stereocenters. The van der Waals surface area contributed by atoms with Crippen LogP contribution < -0.4 is 14.8 Å². The van der Waals surface area contributed by atoms with Crippen LogP contribution in [0.25, 0.3) is 6.08 Å². The second-order valence-corrected chi connectivity index (χ2v) is 3.98. The normalized spacial score (nSPS) is 12.7. The van der Waals surface area contributed by atoms with Crippen LogP contribution in [0.2, 0.25) is 0 Å². The molecule has 100 valence electrons. The lowest BCUT2D eigenvalue weighted by atomic mass is 10.1. The van der Waals surface area contributed by atoms with E-state index in [4.69, 9.17) is 14.6 Å². The summed E-state index contributed by atoms with van der Waals surface area (Å²) in [5, 5.41) is 11.2. The van der Waals surface area contributed by atoms with Crippen LogP contribution in [0.1, 0.15) is 18.9 Å². The molecule has 6 heteroatoms. The molecule has 1 aliphatic rings. The van der Waals surface area contributed by atoms with Gasteiger partial charge in [0.1, 0.15) is 0 Å². The molecule has 1 heterocycles. The maximum atomic E-state index is 11.0. The molecule has 0 saturated carbocycles. The molecule has 0 saturated heterocycles. The number of ether oxygens (including phenoxy) is 2. The maximum Gasteiger partial charge on any atom is 0.307 e. The van der Waals surface area contributed by atoms with Crippen molar-refractivity contribution in [1.29, 1.82) is 0 Å². The quantitative estimate of drug-likeness (QED) is 0.866. The summed E-state index contributed by atoms with van der Waals surface area (Å²) in [5.41, 5.74) is 1.24. The molecule has 0 radical (unpaired) electrons. The van der Waals surface area contributed by atoms with Crippen LogP contribution in [0.4, 0.5) is 5.69 Å². The number of anilines is 1. The monoisotopic (exact) mass is 263 g/mol. The second kappa shape index (κ2) is 5.43. The van der Waals surface area contributed by atoms with Crippen molar-refractivity contribution in [3.05, 3.63) is 23.8 Å². The zero-order valence-electron chi connectivity index (χ0n) is 10.3. The number of carboxylic acids is 1. The first-order valence-electron chi connectivity index (χ1n) is 5.66. The minimum atomic E-state index is -0.914. The van der Waals surface area contributed by atoms with Gasteiger partial charge in [-0.25, -0.2) is 0 Å². The SMILES string of the molecule is CC(=O)Nc1cc(/C=C/CC(=O)O)c2c(c1)OCO2. The first-order valence-corrected chi connectivity index (χ1v) is 5.66. The lowest BCUT2D eigenvalue weighted by Gasteiger charge is -2.06. The van der Waals surface area contributed by atoms with Crippen LogP contribution in [0.3, 0.4) is 0 Å². The molecule has 1 aromatic carbocycles. The van der Waals surface area contributed by atoms with Crippen molar-refractivity contribution in [1.82, 2.24) is 0 Å². The van der Waals surface area contributed by atoms with Crippen molar-refractivity contribution < 1.29 is 24.2 Å². The van der Waals surface area contributed by atoms with Crippen LogP contribution in [0.5, 0.6) is 11.5 Å². The number of hydrogen-bond acceptors (Lipinski definition) is 4. The van der Waals surface area contributed by atoms with Crippen molar-refractivity contribution in [2.24, 2.45) is 0 Å². The first-order chi connectivity index (χ1) is 9.06. The highest BCUT2D eigenvalue weighted by Gasteiger charge is 2.18. The van der Waals surface area contributed by atoms with Crippen LogP contribution >= 0.6 is 0 Å². The number of carbonyl (C=O) groups excluding carboxylic acids is 1. The fourth-order valence-corrected chi connectivity index (χ4v) is 1.72. The first kappa shape index (κ1) is 12.9. The highest BCUT2D eigenvalue weighted by atomic mass is 16.7. The highest BCUT2D eigenvalue weighted by Crippen LogP contribution is 2.39. The molecule has 2 rings (SSSR count). The molecule has 1 aliphatic heterocycles. The molecule has 0 spiro atoms. The Hall–Kier alpha value is -2.50. The molecule has 0 aromatic heterocycles. The summed E-state index contributed by atoms with van der Waals surface area (Å²) in [5.74, 6) is -0.0284. The van der Waals surface area contributed by atoms with Crippen molar-refractivity contribution in [3.8, 4) is 11.5 Å². The predicted molar refractivity (Wildman–Crippen MR) is 68.2 cm³/mol. The van der Waals surface area contributed by atoms with E-state index >= 15 is 0 Å². The molecule has 6 nitrogen and oxygen atoms in total. The summed E-state index contributed by atoms with van der Waals surface area (Å²) in [4.78, 5) is 21.5. The lowest BCUT2D eigenvalue weighted by Crippen LogP contribution is -2.05. The fraction of sp³-hybridized carbons (Fsp3) is 0.231. The Kier molecular flexibility index (Phi) is 3.70. The van der Waals surface area contributed by atoms with Crippen molar-refractivity contribution in [3.63, 3.8) is 0 Å². The summed E-state index contributed by atoms with van der Waals surface area (Å²) in [7, 11) is 0. The van der Waals surface area contributed by atoms with Gasteiger partial charge in [-0.2, -0.15) is 0 Å². The molecule has 19 heavy (non-hydrogen) atoms. The van der Waals surface area contributed by atoms with E-state index in [1.165, 1.54) is 13.0 Å². The number of amides is 1. The van der Waals surface area contributed by atoms with E-state index in [0.29, 0.717) is 22.7 Å². The molecular formula is C13H13NO5. The number of aliphatic carboxylic acids is 1. The van der Waals surface area contributed by atoms with Gasteiger partial charge in [-0.15, -0.1) is 0 Å². The number of carboxylic acid groups (broad SMARTS) is 1. The molecule has 1 amide bonds. The summed E-state index contributed by atoms with van der Waals surface area (Å²) < 4.78 is 10.6. The lowest BCUT2D eigenvalue weighted by molar-refractivity contribution is -0.136. The van der Waals surface area contributed by atoms with Crippen molar-refractivity contribution in [2.45, 2.75) is 13.3 Å². The Morgan fingerprint density at radius 1 is 1.42 bits per heavy atom. The van der Waals surface area contributed by atoms with Gasteiger partial charge in [0.2, 0.25) is 12.7 Å². The largest absolute Gasteiger partial charge is 0.481 e. The smallest absolute Gasteiger partial charge is 0.307 e. The van der Waals surface area contributed by atoms with Gasteiger partial charge in [-0.1, -0.05) is 12.2 Å². The summed E-state index contributed by atoms with van der Waals surface area (Å²) in [6, 6.07) is 3.37. The van der Waals surface area contributed by atoms with Gasteiger partial charge >= 0.3 is 5.97 Å². The van der Waals surface area contributed by atoms with E-state index in [2.05, 4.69) is 5.32 Å². The Balaban J connectivity index is 2.30. The molecule has 2 N–H and O–H groups in total. The number of nitrogens with one attached hydrogen (secondary N) is 1. The molecule has 1 aromatic rings. The van der Waals surface area contributed by atoms with Gasteiger partial charge in [0.25, 0.3) is 0 Å². The molecule has 0 aliphatic carbocycles. The topological polar surface area (TPSA) is 84.9 Å². The summed E-state index contributed by atoms with van der Waals surface area (Å²) >= 11 is 0. The van der Waals surface area contributed by atoms with Crippen LogP contribution in [-0.2, 0) is 9.59 Å². The Morgan fingerprint density at radius 2 is 2.21 bits per heavy atom. The molecule has 0 atom stereocenters. The van der Waals surface area contributed by atoms with E-state index in [-0.39, 0.29) is 19.1 Å². The van der Waals surface area contributed by atoms with Gasteiger partial charge < -0.3 is 19.9 Å². The Morgan fingerprint density at radius 3 is 2.89 bits per heavy atom. The van der Waals surface area contributed by atoms with Gasteiger partial charge in [-0.3, -0.25) is 9.59 Å². The van der Waals surface area contributed by atoms with Crippen LogP contribution in [0, 0.1) is 0 Å². The number of carbonyl (C=O) groups is 2. The second-order valence-electron chi connectivity index (χ2n) is 3.98. The van der Waals surface area contributed by atoms with Crippen LogP contribution in [-0.4, -0.2) is 23.8 Å². The zero-order valence-corrected chi connectivity index (χ0v) is 10.3. The Bertz CT molecular complexity index is 550. The van der Waals surface area contributed by atoms with E-state index in [9.17, 15) is 9.59 Å². The van der Waals surface area contributed by atoms with E-state index < -0.39 is 5.97 Å². The van der Waals surface area contributed by atoms with E-state index in [1.807, 2.05) is 0 Å². The molecule has 0 fully saturated rings. The number of hydrogen-bond donors (Lipinski definition) is 2. The van der Waals surface area contributed by atoms with Gasteiger partial charge in [-0.05, 0) is 6.07 Å². The highest BCUT2D eigenvalue weighted by molar-refractivity contribution is 5.90. The maximum absolute atomic E-state index is 11.0. The average molecular weight is 263 g/mol. The molecule has 0 bridgehead atoms. The number of benzene rings is 1. The summed E-state index contributed by atoms with van der Waals surface area (Å²) in [6.45, 7) is 1.52. The third kappa shape index (κ3) is 3.25. The third-order valence-electron chi connectivity index (χ3n) is 2.41. The minimum absolute atomic E-state index is 0.0833. The van der Waals surface area contributed by atoms with Crippen molar-refractivity contribution >= 4 is 23.6 Å². The van der Waals surface area contributed by atoms with Gasteiger partial charge in [0, 0.05) is 24.2 Å². The number of fused-ring (bicyclic) bond motifs is 1. The fourth-order valence-electron chi connectivity index (χ4n) is 1.72. The summed E-state index contributed by atoms with van der Waals surface area (Å²) in [6.07, 6.45) is 3.06. The van der Waals surface area contributed by atoms with Crippen LogP contribution in [0.15, 0.2) is 18.2 Å².